The molecule has 27 heavy (non-hydrogen) atoms. The number of ether oxygens (including phenoxy) is 1. The summed E-state index contributed by atoms with van der Waals surface area (Å²) in [7, 11) is 3.07. The summed E-state index contributed by atoms with van der Waals surface area (Å²) in [6, 6.07) is 8.11. The van der Waals surface area contributed by atoms with Gasteiger partial charge in [0, 0.05) is 32.0 Å². The average Bonchev–Trinajstić information content (AvgIpc) is 2.61. The highest BCUT2D eigenvalue weighted by Gasteiger charge is 2.20. The summed E-state index contributed by atoms with van der Waals surface area (Å²) in [5, 5.41) is 11.4. The lowest BCUT2D eigenvalue weighted by atomic mass is 10.2. The summed E-state index contributed by atoms with van der Waals surface area (Å²) in [6.45, 7) is 1.17. The highest BCUT2D eigenvalue weighted by atomic mass is 32.2. The molecule has 0 saturated carbocycles. The van der Waals surface area contributed by atoms with E-state index in [0.717, 1.165) is 17.8 Å². The first kappa shape index (κ1) is 20.4. The minimum absolute atomic E-state index is 0.0813. The summed E-state index contributed by atoms with van der Waals surface area (Å²) >= 11 is 0.993. The molecule has 2 rings (SSSR count). The lowest BCUT2D eigenvalue weighted by Crippen LogP contribution is -2.22. The van der Waals surface area contributed by atoms with Gasteiger partial charge in [0.15, 0.2) is 0 Å². The number of carbonyl (C=O) groups excluding carboxylic acids is 2. The summed E-state index contributed by atoms with van der Waals surface area (Å²) in [5.74, 6) is -1.48. The Bertz CT molecular complexity index is 901. The van der Waals surface area contributed by atoms with Crippen LogP contribution in [0.1, 0.15) is 22.8 Å². The van der Waals surface area contributed by atoms with Crippen molar-refractivity contribution in [3.63, 3.8) is 0 Å². The Morgan fingerprint density at radius 2 is 1.85 bits per heavy atom. The van der Waals surface area contributed by atoms with Crippen molar-refractivity contribution in [2.75, 3.05) is 14.1 Å². The van der Waals surface area contributed by atoms with Crippen molar-refractivity contribution in [2.24, 2.45) is 0 Å². The van der Waals surface area contributed by atoms with Crippen LogP contribution in [0.5, 0.6) is 0 Å². The quantitative estimate of drug-likeness (QED) is 0.423. The van der Waals surface area contributed by atoms with Crippen molar-refractivity contribution in [2.45, 2.75) is 23.3 Å². The Kier molecular flexibility index (Phi) is 6.51. The van der Waals surface area contributed by atoms with Gasteiger partial charge in [0.25, 0.3) is 11.6 Å². The monoisotopic (exact) mass is 392 g/mol. The number of nitro groups is 1. The van der Waals surface area contributed by atoms with E-state index in [9.17, 15) is 24.1 Å². The predicted octanol–water partition coefficient (Wildman–Crippen LogP) is 3.65. The van der Waals surface area contributed by atoms with Gasteiger partial charge in [-0.25, -0.2) is 4.39 Å². The maximum Gasteiger partial charge on any atom is 0.302 e. The van der Waals surface area contributed by atoms with Gasteiger partial charge in [0.2, 0.25) is 0 Å². The van der Waals surface area contributed by atoms with E-state index in [2.05, 4.69) is 0 Å². The number of halogens is 1. The van der Waals surface area contributed by atoms with Crippen LogP contribution < -0.4 is 0 Å². The molecule has 0 aliphatic rings. The second kappa shape index (κ2) is 8.63. The summed E-state index contributed by atoms with van der Waals surface area (Å²) in [4.78, 5) is 36.0. The second-order valence-electron chi connectivity index (χ2n) is 5.78. The molecule has 0 radical (unpaired) electrons. The third-order valence-corrected chi connectivity index (χ3v) is 4.60. The van der Waals surface area contributed by atoms with Gasteiger partial charge in [0.05, 0.1) is 15.4 Å². The van der Waals surface area contributed by atoms with Crippen LogP contribution in [-0.2, 0) is 16.1 Å². The van der Waals surface area contributed by atoms with E-state index in [1.807, 2.05) is 0 Å². The highest BCUT2D eigenvalue weighted by Crippen LogP contribution is 2.37. The fourth-order valence-electron chi connectivity index (χ4n) is 2.18. The molecule has 0 aromatic heterocycles. The van der Waals surface area contributed by atoms with Gasteiger partial charge in [-0.1, -0.05) is 17.8 Å². The first-order valence-corrected chi connectivity index (χ1v) is 8.60. The largest absolute Gasteiger partial charge is 0.461 e. The molecule has 0 saturated heterocycles. The van der Waals surface area contributed by atoms with Gasteiger partial charge in [-0.05, 0) is 29.8 Å². The predicted molar refractivity (Wildman–Crippen MR) is 97.1 cm³/mol. The van der Waals surface area contributed by atoms with Crippen molar-refractivity contribution in [3.05, 3.63) is 63.5 Å². The number of nitrogens with zero attached hydrogens (tertiary/aromatic N) is 2. The maximum absolute atomic E-state index is 13.6. The van der Waals surface area contributed by atoms with Crippen LogP contribution in [0, 0.1) is 15.9 Å². The average molecular weight is 392 g/mol. The van der Waals surface area contributed by atoms with E-state index < -0.39 is 22.6 Å². The molecule has 0 unspecified atom stereocenters. The van der Waals surface area contributed by atoms with E-state index in [4.69, 9.17) is 4.74 Å². The van der Waals surface area contributed by atoms with Crippen molar-refractivity contribution >= 4 is 29.3 Å². The van der Waals surface area contributed by atoms with Gasteiger partial charge >= 0.3 is 5.97 Å². The normalized spacial score (nSPS) is 10.4. The first-order valence-electron chi connectivity index (χ1n) is 7.78. The number of nitro benzene ring substituents is 1. The molecule has 2 aromatic carbocycles. The number of hydrogen-bond donors (Lipinski definition) is 0. The minimum atomic E-state index is -0.573. The number of carbonyl (C=O) groups is 2. The molecule has 0 bridgehead atoms. The molecule has 2 aromatic rings. The smallest absolute Gasteiger partial charge is 0.302 e. The van der Waals surface area contributed by atoms with Crippen molar-refractivity contribution in [3.8, 4) is 0 Å². The topological polar surface area (TPSA) is 89.8 Å². The third-order valence-electron chi connectivity index (χ3n) is 3.46. The molecule has 9 heteroatoms. The van der Waals surface area contributed by atoms with Crippen LogP contribution in [0.3, 0.4) is 0 Å². The molecule has 0 aliphatic carbocycles. The van der Waals surface area contributed by atoms with Crippen LogP contribution in [-0.4, -0.2) is 35.8 Å². The Morgan fingerprint density at radius 1 is 1.19 bits per heavy atom. The van der Waals surface area contributed by atoms with Crippen LogP contribution in [0.4, 0.5) is 10.1 Å². The maximum atomic E-state index is 13.6. The van der Waals surface area contributed by atoms with Gasteiger partial charge in [-0.2, -0.15) is 0 Å². The molecule has 0 fully saturated rings. The second-order valence-corrected chi connectivity index (χ2v) is 6.87. The zero-order chi connectivity index (χ0) is 20.1. The van der Waals surface area contributed by atoms with Crippen LogP contribution >= 0.6 is 11.8 Å². The van der Waals surface area contributed by atoms with Crippen LogP contribution in [0.25, 0.3) is 0 Å². The van der Waals surface area contributed by atoms with E-state index in [0.29, 0.717) is 10.5 Å². The van der Waals surface area contributed by atoms with Gasteiger partial charge in [-0.3, -0.25) is 19.7 Å². The fraction of sp³-hybridized carbons (Fsp3) is 0.222. The molecule has 1 amide bonds. The number of hydrogen-bond acceptors (Lipinski definition) is 6. The van der Waals surface area contributed by atoms with E-state index in [1.54, 1.807) is 6.07 Å². The highest BCUT2D eigenvalue weighted by molar-refractivity contribution is 7.99. The van der Waals surface area contributed by atoms with Gasteiger partial charge < -0.3 is 9.64 Å². The van der Waals surface area contributed by atoms with Crippen molar-refractivity contribution < 1.29 is 23.6 Å². The first-order chi connectivity index (χ1) is 12.7. The van der Waals surface area contributed by atoms with Gasteiger partial charge in [0.1, 0.15) is 12.4 Å². The molecule has 142 valence electrons. The van der Waals surface area contributed by atoms with Gasteiger partial charge in [-0.15, -0.1) is 0 Å². The molecule has 0 heterocycles. The van der Waals surface area contributed by atoms with E-state index in [1.165, 1.54) is 50.2 Å². The molecule has 0 spiro atoms. The van der Waals surface area contributed by atoms with E-state index in [-0.39, 0.29) is 22.8 Å². The molecular formula is C18H17FN2O5S. The summed E-state index contributed by atoms with van der Waals surface area (Å²) in [6.07, 6.45) is 0. The number of amides is 1. The Balaban J connectivity index is 2.41. The standard InChI is InChI=1S/C18H17FN2O5S/c1-11(22)26-10-12-4-6-17(15(8-12)21(24)25)27-16-7-5-13(19)9-14(16)18(23)20(2)3/h4-9H,10H2,1-3H3. The molecule has 0 N–H and O–H groups in total. The molecule has 7 nitrogen and oxygen atoms in total. The summed E-state index contributed by atoms with van der Waals surface area (Å²) < 4.78 is 18.4. The zero-order valence-electron chi connectivity index (χ0n) is 14.9. The van der Waals surface area contributed by atoms with Crippen molar-refractivity contribution in [1.29, 1.82) is 0 Å². The lowest BCUT2D eigenvalue weighted by Gasteiger charge is -2.14. The Morgan fingerprint density at radius 3 is 2.44 bits per heavy atom. The van der Waals surface area contributed by atoms with Crippen LogP contribution in [0.2, 0.25) is 0 Å². The Hall–Kier alpha value is -2.94. The third kappa shape index (κ3) is 5.27. The SMILES string of the molecule is CC(=O)OCc1ccc(Sc2ccc(F)cc2C(=O)N(C)C)c([N+](=O)[O-])c1. The Labute approximate surface area is 159 Å². The van der Waals surface area contributed by atoms with E-state index >= 15 is 0 Å². The fourth-order valence-corrected chi connectivity index (χ4v) is 3.19. The number of esters is 1. The number of benzene rings is 2. The molecular weight excluding hydrogens is 375 g/mol. The summed E-state index contributed by atoms with van der Waals surface area (Å²) in [5.41, 5.74) is 0.380. The van der Waals surface area contributed by atoms with Crippen molar-refractivity contribution in [1.82, 2.24) is 4.90 Å². The zero-order valence-corrected chi connectivity index (χ0v) is 15.7. The molecule has 0 atom stereocenters. The minimum Gasteiger partial charge on any atom is -0.461 e. The van der Waals surface area contributed by atoms with Crippen LogP contribution in [0.15, 0.2) is 46.2 Å². The number of rotatable bonds is 6. The molecule has 0 aliphatic heterocycles. The lowest BCUT2D eigenvalue weighted by molar-refractivity contribution is -0.387.